The van der Waals surface area contributed by atoms with Crippen molar-refractivity contribution in [3.05, 3.63) is 53.4 Å². The zero-order valence-electron chi connectivity index (χ0n) is 22.0. The van der Waals surface area contributed by atoms with Crippen LogP contribution in [-0.4, -0.2) is 63.9 Å². The number of halogens is 1. The van der Waals surface area contributed by atoms with Gasteiger partial charge >= 0.3 is 6.09 Å². The SMILES string of the molecule is CC(C)(C)OC(=O)NCC1(C(=O)NC(CCO)c2ccc(Cl)cc2)CCN(c2ncnc3[nH]ccc23)CC1. The standard InChI is InChI=1S/C27H35ClN6O4/c1-26(2,3)38-25(37)30-16-27(24(36)33-21(9-15-35)18-4-6-19(28)7-5-18)10-13-34(14-11-27)23-20-8-12-29-22(20)31-17-32-23/h4-8,12,17,21,35H,9-11,13-16H2,1-3H3,(H,30,37)(H,33,36)(H,29,31,32). The molecule has 1 fully saturated rings. The molecule has 0 saturated carbocycles. The second-order valence-electron chi connectivity index (χ2n) is 10.6. The first-order chi connectivity index (χ1) is 18.1. The highest BCUT2D eigenvalue weighted by Gasteiger charge is 2.43. The van der Waals surface area contributed by atoms with E-state index in [4.69, 9.17) is 16.3 Å². The number of carbonyl (C=O) groups is 2. The third-order valence-corrected chi connectivity index (χ3v) is 7.05. The molecule has 0 bridgehead atoms. The van der Waals surface area contributed by atoms with Gasteiger partial charge in [-0.1, -0.05) is 23.7 Å². The highest BCUT2D eigenvalue weighted by atomic mass is 35.5. The first-order valence-electron chi connectivity index (χ1n) is 12.8. The van der Waals surface area contributed by atoms with Gasteiger partial charge in [0, 0.05) is 37.5 Å². The van der Waals surface area contributed by atoms with Crippen molar-refractivity contribution in [1.82, 2.24) is 25.6 Å². The van der Waals surface area contributed by atoms with Crippen molar-refractivity contribution in [2.45, 2.75) is 51.7 Å². The number of anilines is 1. The van der Waals surface area contributed by atoms with Crippen LogP contribution in [0.3, 0.4) is 0 Å². The van der Waals surface area contributed by atoms with Crippen LogP contribution in [-0.2, 0) is 9.53 Å². The second kappa shape index (κ2) is 11.6. The molecule has 1 saturated heterocycles. The van der Waals surface area contributed by atoms with E-state index < -0.39 is 23.2 Å². The molecule has 2 aromatic heterocycles. The minimum atomic E-state index is -0.877. The van der Waals surface area contributed by atoms with Gasteiger partial charge in [-0.05, 0) is 63.8 Å². The van der Waals surface area contributed by atoms with Gasteiger partial charge in [0.15, 0.2) is 0 Å². The normalized spacial score (nSPS) is 16.2. The van der Waals surface area contributed by atoms with Crippen LogP contribution in [0.25, 0.3) is 11.0 Å². The Kier molecular flexibility index (Phi) is 8.42. The topological polar surface area (TPSA) is 132 Å². The van der Waals surface area contributed by atoms with Crippen LogP contribution in [0.5, 0.6) is 0 Å². The number of benzene rings is 1. The van der Waals surface area contributed by atoms with Gasteiger partial charge < -0.3 is 30.4 Å². The number of fused-ring (bicyclic) bond motifs is 1. The fraction of sp³-hybridized carbons (Fsp3) is 0.481. The first-order valence-corrected chi connectivity index (χ1v) is 13.2. The Hall–Kier alpha value is -3.37. The molecule has 4 rings (SSSR count). The van der Waals surface area contributed by atoms with Crippen molar-refractivity contribution in [2.24, 2.45) is 5.41 Å². The zero-order valence-corrected chi connectivity index (χ0v) is 22.7. The summed E-state index contributed by atoms with van der Waals surface area (Å²) in [4.78, 5) is 40.4. The van der Waals surface area contributed by atoms with Crippen molar-refractivity contribution in [3.8, 4) is 0 Å². The summed E-state index contributed by atoms with van der Waals surface area (Å²) in [6, 6.07) is 8.74. The van der Waals surface area contributed by atoms with E-state index in [-0.39, 0.29) is 19.1 Å². The molecule has 4 N–H and O–H groups in total. The number of aromatic amines is 1. The number of amides is 2. The predicted molar refractivity (Wildman–Crippen MR) is 146 cm³/mol. The molecule has 38 heavy (non-hydrogen) atoms. The molecule has 1 atom stereocenters. The third kappa shape index (κ3) is 6.54. The fourth-order valence-electron chi connectivity index (χ4n) is 4.75. The van der Waals surface area contributed by atoms with E-state index in [1.165, 1.54) is 6.33 Å². The van der Waals surface area contributed by atoms with Crippen LogP contribution in [0.1, 0.15) is 51.6 Å². The van der Waals surface area contributed by atoms with Gasteiger partial charge in [-0.2, -0.15) is 0 Å². The Morgan fingerprint density at radius 2 is 1.89 bits per heavy atom. The van der Waals surface area contributed by atoms with Gasteiger partial charge in [-0.25, -0.2) is 14.8 Å². The number of aromatic nitrogens is 3. The summed E-state index contributed by atoms with van der Waals surface area (Å²) in [5, 5.41) is 17.2. The molecule has 1 aliphatic heterocycles. The summed E-state index contributed by atoms with van der Waals surface area (Å²) in [5.74, 6) is 0.626. The summed E-state index contributed by atoms with van der Waals surface area (Å²) in [6.45, 7) is 6.54. The van der Waals surface area contributed by atoms with Crippen LogP contribution >= 0.6 is 11.6 Å². The molecule has 1 unspecified atom stereocenters. The van der Waals surface area contributed by atoms with Gasteiger partial charge in [0.25, 0.3) is 0 Å². The number of piperidine rings is 1. The molecule has 0 radical (unpaired) electrons. The Labute approximate surface area is 227 Å². The lowest BCUT2D eigenvalue weighted by atomic mass is 9.76. The lowest BCUT2D eigenvalue weighted by molar-refractivity contribution is -0.133. The quantitative estimate of drug-likeness (QED) is 0.338. The van der Waals surface area contributed by atoms with Crippen molar-refractivity contribution in [1.29, 1.82) is 0 Å². The fourth-order valence-corrected chi connectivity index (χ4v) is 4.88. The van der Waals surface area contributed by atoms with Crippen LogP contribution in [0.15, 0.2) is 42.9 Å². The maximum atomic E-state index is 13.9. The lowest BCUT2D eigenvalue weighted by Crippen LogP contribution is -2.55. The summed E-state index contributed by atoms with van der Waals surface area (Å²) in [6.07, 6.45) is 4.10. The number of nitrogens with one attached hydrogen (secondary N) is 3. The van der Waals surface area contributed by atoms with Gasteiger partial charge in [0.2, 0.25) is 5.91 Å². The maximum absolute atomic E-state index is 13.9. The molecular formula is C27H35ClN6O4. The molecule has 3 aromatic rings. The highest BCUT2D eigenvalue weighted by molar-refractivity contribution is 6.30. The number of aliphatic hydroxyl groups excluding tert-OH is 1. The van der Waals surface area contributed by atoms with Crippen LogP contribution in [0.4, 0.5) is 10.6 Å². The summed E-state index contributed by atoms with van der Waals surface area (Å²) >= 11 is 6.05. The van der Waals surface area contributed by atoms with Crippen LogP contribution < -0.4 is 15.5 Å². The van der Waals surface area contributed by atoms with Crippen molar-refractivity contribution in [2.75, 3.05) is 31.1 Å². The number of hydrogen-bond donors (Lipinski definition) is 4. The smallest absolute Gasteiger partial charge is 0.407 e. The number of H-pyrrole nitrogens is 1. The second-order valence-corrected chi connectivity index (χ2v) is 11.1. The van der Waals surface area contributed by atoms with E-state index in [0.29, 0.717) is 37.4 Å². The number of alkyl carbamates (subject to hydrolysis) is 1. The van der Waals surface area contributed by atoms with E-state index in [1.54, 1.807) is 32.9 Å². The summed E-state index contributed by atoms with van der Waals surface area (Å²) in [5.41, 5.74) is 0.0718. The van der Waals surface area contributed by atoms with E-state index in [0.717, 1.165) is 22.4 Å². The lowest BCUT2D eigenvalue weighted by Gasteiger charge is -2.42. The zero-order chi connectivity index (χ0) is 27.3. The first kappa shape index (κ1) is 27.7. The van der Waals surface area contributed by atoms with E-state index in [2.05, 4.69) is 30.5 Å². The molecule has 3 heterocycles. The molecular weight excluding hydrogens is 508 g/mol. The molecule has 10 nitrogen and oxygen atoms in total. The Morgan fingerprint density at radius 3 is 2.55 bits per heavy atom. The Bertz CT molecular complexity index is 1250. The average molecular weight is 543 g/mol. The molecule has 0 spiro atoms. The molecule has 0 aliphatic carbocycles. The van der Waals surface area contributed by atoms with E-state index >= 15 is 0 Å². The molecule has 204 valence electrons. The van der Waals surface area contributed by atoms with Gasteiger partial charge in [-0.3, -0.25) is 4.79 Å². The molecule has 1 aromatic carbocycles. The van der Waals surface area contributed by atoms with Gasteiger partial charge in [0.05, 0.1) is 16.8 Å². The number of ether oxygens (including phenoxy) is 1. The monoisotopic (exact) mass is 542 g/mol. The number of carbonyl (C=O) groups excluding carboxylic acids is 2. The van der Waals surface area contributed by atoms with Crippen molar-refractivity contribution >= 4 is 40.5 Å². The molecule has 1 aliphatic rings. The summed E-state index contributed by atoms with van der Waals surface area (Å²) < 4.78 is 5.43. The Morgan fingerprint density at radius 1 is 1.18 bits per heavy atom. The number of rotatable bonds is 8. The Balaban J connectivity index is 1.54. The van der Waals surface area contributed by atoms with Crippen molar-refractivity contribution in [3.63, 3.8) is 0 Å². The van der Waals surface area contributed by atoms with Gasteiger partial charge in [0.1, 0.15) is 23.4 Å². The minimum absolute atomic E-state index is 0.0924. The largest absolute Gasteiger partial charge is 0.444 e. The third-order valence-electron chi connectivity index (χ3n) is 6.80. The van der Waals surface area contributed by atoms with E-state index in [9.17, 15) is 14.7 Å². The van der Waals surface area contributed by atoms with Gasteiger partial charge in [-0.15, -0.1) is 0 Å². The average Bonchev–Trinajstić information content (AvgIpc) is 3.36. The molecule has 2 amide bonds. The molecule has 11 heteroatoms. The van der Waals surface area contributed by atoms with Crippen molar-refractivity contribution < 1.29 is 19.4 Å². The van der Waals surface area contributed by atoms with E-state index in [1.807, 2.05) is 24.4 Å². The number of hydrogen-bond acceptors (Lipinski definition) is 7. The number of aliphatic hydroxyl groups is 1. The van der Waals surface area contributed by atoms with Crippen LogP contribution in [0, 0.1) is 5.41 Å². The predicted octanol–water partition coefficient (Wildman–Crippen LogP) is 3.96. The highest BCUT2D eigenvalue weighted by Crippen LogP contribution is 2.36. The maximum Gasteiger partial charge on any atom is 0.407 e. The summed E-state index contributed by atoms with van der Waals surface area (Å²) in [7, 11) is 0. The number of nitrogens with zero attached hydrogens (tertiary/aromatic N) is 3. The van der Waals surface area contributed by atoms with Crippen LogP contribution in [0.2, 0.25) is 5.02 Å². The minimum Gasteiger partial charge on any atom is -0.444 e.